The number of hydrogen-bond acceptors (Lipinski definition) is 5. The molecule has 5 nitrogen and oxygen atoms in total. The Morgan fingerprint density at radius 2 is 1.84 bits per heavy atom. The lowest BCUT2D eigenvalue weighted by Gasteiger charge is -2.18. The van der Waals surface area contributed by atoms with Crippen molar-refractivity contribution in [2.24, 2.45) is 0 Å². The van der Waals surface area contributed by atoms with E-state index in [-0.39, 0.29) is 18.7 Å². The maximum Gasteiger partial charge on any atom is 0.416 e. The van der Waals surface area contributed by atoms with Crippen molar-refractivity contribution in [3.8, 4) is 11.5 Å². The quantitative estimate of drug-likeness (QED) is 0.702. The average molecular weight is 348 g/mol. The molecule has 0 saturated heterocycles. The van der Waals surface area contributed by atoms with E-state index in [1.807, 2.05) is 0 Å². The Balaban J connectivity index is 1.70. The summed E-state index contributed by atoms with van der Waals surface area (Å²) >= 11 is 0. The Labute approximate surface area is 142 Å². The third kappa shape index (κ3) is 4.21. The molecule has 0 unspecified atom stereocenters. The third-order valence-electron chi connectivity index (χ3n) is 3.54. The molecule has 2 heterocycles. The van der Waals surface area contributed by atoms with Crippen molar-refractivity contribution in [2.45, 2.75) is 19.3 Å². The highest BCUT2D eigenvalue weighted by Gasteiger charge is 2.33. The van der Waals surface area contributed by atoms with Crippen LogP contribution >= 0.6 is 0 Å². The summed E-state index contributed by atoms with van der Waals surface area (Å²) in [5, 5.41) is 7.88. The second kappa shape index (κ2) is 7.02. The minimum absolute atomic E-state index is 0.111. The molecular formula is C17H15F3N4O. The number of halogens is 3. The van der Waals surface area contributed by atoms with Crippen molar-refractivity contribution in [3.63, 3.8) is 0 Å². The van der Waals surface area contributed by atoms with Gasteiger partial charge in [-0.15, -0.1) is 10.2 Å². The van der Waals surface area contributed by atoms with Crippen LogP contribution in [-0.4, -0.2) is 27.1 Å². The SMILES string of the molecule is CN(Cc1nnc(-c2cccnc2)o1)Cc1ccccc1C(F)(F)F. The van der Waals surface area contributed by atoms with Gasteiger partial charge in [-0.05, 0) is 30.8 Å². The van der Waals surface area contributed by atoms with Crippen molar-refractivity contribution in [3.05, 3.63) is 65.8 Å². The van der Waals surface area contributed by atoms with Crippen molar-refractivity contribution in [2.75, 3.05) is 7.05 Å². The van der Waals surface area contributed by atoms with Crippen LogP contribution in [0.4, 0.5) is 13.2 Å². The van der Waals surface area contributed by atoms with Gasteiger partial charge in [0.25, 0.3) is 0 Å². The molecule has 0 radical (unpaired) electrons. The van der Waals surface area contributed by atoms with Gasteiger partial charge in [-0.2, -0.15) is 13.2 Å². The Hall–Kier alpha value is -2.74. The fourth-order valence-corrected chi connectivity index (χ4v) is 2.44. The summed E-state index contributed by atoms with van der Waals surface area (Å²) in [6, 6.07) is 9.05. The minimum Gasteiger partial charge on any atom is -0.419 e. The molecule has 0 bridgehead atoms. The Kier molecular flexibility index (Phi) is 4.80. The highest BCUT2D eigenvalue weighted by Crippen LogP contribution is 2.32. The molecule has 0 aliphatic heterocycles. The number of hydrogen-bond donors (Lipinski definition) is 0. The minimum atomic E-state index is -4.38. The summed E-state index contributed by atoms with van der Waals surface area (Å²) in [5.74, 6) is 0.651. The molecule has 0 fully saturated rings. The van der Waals surface area contributed by atoms with Gasteiger partial charge >= 0.3 is 6.18 Å². The molecule has 0 N–H and O–H groups in total. The number of alkyl halides is 3. The van der Waals surface area contributed by atoms with Crippen LogP contribution in [0, 0.1) is 0 Å². The molecule has 0 atom stereocenters. The van der Waals surface area contributed by atoms with E-state index < -0.39 is 11.7 Å². The van der Waals surface area contributed by atoms with Gasteiger partial charge in [0.15, 0.2) is 0 Å². The number of benzene rings is 1. The van der Waals surface area contributed by atoms with Crippen molar-refractivity contribution in [1.82, 2.24) is 20.1 Å². The van der Waals surface area contributed by atoms with Crippen LogP contribution in [0.15, 0.2) is 53.2 Å². The lowest BCUT2D eigenvalue weighted by atomic mass is 10.1. The predicted octanol–water partition coefficient (Wildman–Crippen LogP) is 3.78. The first kappa shape index (κ1) is 17.1. The normalized spacial score (nSPS) is 11.9. The standard InChI is InChI=1S/C17H15F3N4O/c1-24(10-13-5-2-3-7-14(13)17(18,19)20)11-15-22-23-16(25-15)12-6-4-8-21-9-12/h2-9H,10-11H2,1H3. The van der Waals surface area contributed by atoms with Gasteiger partial charge in [0.2, 0.25) is 11.8 Å². The highest BCUT2D eigenvalue weighted by molar-refractivity contribution is 5.49. The summed E-state index contributed by atoms with van der Waals surface area (Å²) in [6.07, 6.45) is -1.15. The first-order chi connectivity index (χ1) is 11.9. The maximum absolute atomic E-state index is 13.1. The van der Waals surface area contributed by atoms with Gasteiger partial charge in [-0.1, -0.05) is 18.2 Å². The fraction of sp³-hybridized carbons (Fsp3) is 0.235. The summed E-state index contributed by atoms with van der Waals surface area (Å²) in [7, 11) is 1.70. The van der Waals surface area contributed by atoms with E-state index in [0.29, 0.717) is 17.3 Å². The molecule has 0 saturated carbocycles. The van der Waals surface area contributed by atoms with Crippen LogP contribution in [0.3, 0.4) is 0 Å². The third-order valence-corrected chi connectivity index (χ3v) is 3.54. The number of nitrogens with zero attached hydrogens (tertiary/aromatic N) is 4. The molecule has 3 aromatic rings. The Bertz CT molecular complexity index is 833. The lowest BCUT2D eigenvalue weighted by Crippen LogP contribution is -2.20. The second-order valence-corrected chi connectivity index (χ2v) is 5.57. The van der Waals surface area contributed by atoms with Gasteiger partial charge in [-0.25, -0.2) is 0 Å². The van der Waals surface area contributed by atoms with Crippen LogP contribution in [0.5, 0.6) is 0 Å². The van der Waals surface area contributed by atoms with Gasteiger partial charge in [0.05, 0.1) is 17.7 Å². The van der Waals surface area contributed by atoms with Gasteiger partial charge in [0, 0.05) is 18.9 Å². The molecule has 8 heteroatoms. The topological polar surface area (TPSA) is 55.1 Å². The van der Waals surface area contributed by atoms with E-state index in [9.17, 15) is 13.2 Å². The van der Waals surface area contributed by atoms with Gasteiger partial charge in [0.1, 0.15) is 0 Å². The molecule has 0 amide bonds. The molecule has 0 aliphatic rings. The van der Waals surface area contributed by atoms with Crippen molar-refractivity contribution >= 4 is 0 Å². The van der Waals surface area contributed by atoms with Crippen LogP contribution < -0.4 is 0 Å². The molecular weight excluding hydrogens is 333 g/mol. The van der Waals surface area contributed by atoms with Crippen LogP contribution in [0.1, 0.15) is 17.0 Å². The molecule has 0 spiro atoms. The first-order valence-electron chi connectivity index (χ1n) is 7.50. The van der Waals surface area contributed by atoms with E-state index in [1.54, 1.807) is 42.5 Å². The van der Waals surface area contributed by atoms with E-state index >= 15 is 0 Å². The maximum atomic E-state index is 13.1. The highest BCUT2D eigenvalue weighted by atomic mass is 19.4. The number of rotatable bonds is 5. The molecule has 1 aromatic carbocycles. The number of pyridine rings is 1. The Morgan fingerprint density at radius 3 is 2.56 bits per heavy atom. The molecule has 0 aliphatic carbocycles. The van der Waals surface area contributed by atoms with Crippen LogP contribution in [-0.2, 0) is 19.3 Å². The molecule has 2 aromatic heterocycles. The monoisotopic (exact) mass is 348 g/mol. The second-order valence-electron chi connectivity index (χ2n) is 5.57. The summed E-state index contributed by atoms with van der Waals surface area (Å²) in [6.45, 7) is 0.347. The van der Waals surface area contributed by atoms with Crippen LogP contribution in [0.2, 0.25) is 0 Å². The predicted molar refractivity (Wildman–Crippen MR) is 84.1 cm³/mol. The van der Waals surface area contributed by atoms with E-state index in [2.05, 4.69) is 15.2 Å². The zero-order valence-electron chi connectivity index (χ0n) is 13.4. The Morgan fingerprint density at radius 1 is 1.04 bits per heavy atom. The summed E-state index contributed by atoms with van der Waals surface area (Å²) < 4.78 is 44.7. The average Bonchev–Trinajstić information content (AvgIpc) is 3.03. The lowest BCUT2D eigenvalue weighted by molar-refractivity contribution is -0.138. The van der Waals surface area contributed by atoms with Gasteiger partial charge < -0.3 is 4.42 Å². The summed E-state index contributed by atoms with van der Waals surface area (Å²) in [5.41, 5.74) is 0.249. The fourth-order valence-electron chi connectivity index (χ4n) is 2.44. The smallest absolute Gasteiger partial charge is 0.416 e. The van der Waals surface area contributed by atoms with E-state index in [0.717, 1.165) is 6.07 Å². The van der Waals surface area contributed by atoms with E-state index in [4.69, 9.17) is 4.42 Å². The van der Waals surface area contributed by atoms with Gasteiger partial charge in [-0.3, -0.25) is 9.88 Å². The van der Waals surface area contributed by atoms with Crippen molar-refractivity contribution in [1.29, 1.82) is 0 Å². The first-order valence-corrected chi connectivity index (χ1v) is 7.50. The molecule has 25 heavy (non-hydrogen) atoms. The largest absolute Gasteiger partial charge is 0.419 e. The van der Waals surface area contributed by atoms with Crippen LogP contribution in [0.25, 0.3) is 11.5 Å². The molecule has 3 rings (SSSR count). The summed E-state index contributed by atoms with van der Waals surface area (Å²) in [4.78, 5) is 5.66. The van der Waals surface area contributed by atoms with Crippen molar-refractivity contribution < 1.29 is 17.6 Å². The zero-order valence-corrected chi connectivity index (χ0v) is 13.4. The van der Waals surface area contributed by atoms with E-state index in [1.165, 1.54) is 12.1 Å². The zero-order chi connectivity index (χ0) is 17.9. The molecule has 130 valence electrons. The number of aromatic nitrogens is 3.